The number of unbranched alkanes of at least 4 members (excludes halogenated alkanes) is 1. The van der Waals surface area contributed by atoms with Crippen molar-refractivity contribution < 1.29 is 4.74 Å². The summed E-state index contributed by atoms with van der Waals surface area (Å²) in [7, 11) is 0. The van der Waals surface area contributed by atoms with Gasteiger partial charge >= 0.3 is 0 Å². The monoisotopic (exact) mass is 183 g/mol. The molecule has 0 saturated carbocycles. The van der Waals surface area contributed by atoms with E-state index < -0.39 is 0 Å². The Morgan fingerprint density at radius 2 is 2.00 bits per heavy atom. The van der Waals surface area contributed by atoms with Crippen LogP contribution in [0.4, 0.5) is 0 Å². The first-order valence-electron chi connectivity index (χ1n) is 4.08. The smallest absolute Gasteiger partial charge is 0.119 e. The summed E-state index contributed by atoms with van der Waals surface area (Å²) in [4.78, 5) is 0. The maximum atomic E-state index is 5.52. The van der Waals surface area contributed by atoms with Crippen LogP contribution < -0.4 is 4.74 Å². The maximum absolute atomic E-state index is 5.52. The molecule has 0 aliphatic rings. The molecule has 1 rings (SSSR count). The molecule has 2 heteroatoms. The van der Waals surface area contributed by atoms with Crippen LogP contribution in [-0.2, 0) is 0 Å². The fourth-order valence-corrected chi connectivity index (χ4v) is 1.04. The number of hydrogen-bond acceptors (Lipinski definition) is 1. The van der Waals surface area contributed by atoms with Crippen LogP contribution in [0.2, 0.25) is 0 Å². The van der Waals surface area contributed by atoms with E-state index in [0.717, 1.165) is 25.2 Å². The predicted molar refractivity (Wildman–Crippen MR) is 50.7 cm³/mol. The lowest BCUT2D eigenvalue weighted by Gasteiger charge is -2.03. The standard InChI is InChI=1S/C10H12ClO/c11-8-4-5-9-12-10-6-2-1-3-7-10/h2-3,6-7H,4-5,8-9H2. The van der Waals surface area contributed by atoms with Gasteiger partial charge in [0.1, 0.15) is 5.75 Å². The lowest BCUT2D eigenvalue weighted by molar-refractivity contribution is 0.309. The van der Waals surface area contributed by atoms with Crippen LogP contribution in [-0.4, -0.2) is 12.5 Å². The van der Waals surface area contributed by atoms with Crippen LogP contribution >= 0.6 is 11.6 Å². The van der Waals surface area contributed by atoms with E-state index in [4.69, 9.17) is 16.3 Å². The number of rotatable bonds is 5. The average molecular weight is 184 g/mol. The Morgan fingerprint density at radius 1 is 1.25 bits per heavy atom. The topological polar surface area (TPSA) is 9.23 Å². The summed E-state index contributed by atoms with van der Waals surface area (Å²) in [6, 6.07) is 10.4. The van der Waals surface area contributed by atoms with Crippen LogP contribution in [0.5, 0.6) is 5.75 Å². The van der Waals surface area contributed by atoms with Crippen LogP contribution in [0.15, 0.2) is 24.3 Å². The average Bonchev–Trinajstić information content (AvgIpc) is 2.14. The molecule has 1 aromatic rings. The van der Waals surface area contributed by atoms with Crippen molar-refractivity contribution in [2.45, 2.75) is 12.8 Å². The first-order chi connectivity index (χ1) is 5.93. The van der Waals surface area contributed by atoms with Crippen molar-refractivity contribution in [3.05, 3.63) is 30.3 Å². The van der Waals surface area contributed by atoms with Crippen molar-refractivity contribution in [3.63, 3.8) is 0 Å². The zero-order valence-corrected chi connectivity index (χ0v) is 7.68. The first kappa shape index (κ1) is 9.40. The Kier molecular flexibility index (Phi) is 4.62. The molecular weight excluding hydrogens is 172 g/mol. The Morgan fingerprint density at radius 3 is 2.67 bits per heavy atom. The van der Waals surface area contributed by atoms with Gasteiger partial charge in [0.2, 0.25) is 0 Å². The summed E-state index contributed by atoms with van der Waals surface area (Å²) in [6.45, 7) is 0.747. The highest BCUT2D eigenvalue weighted by Gasteiger charge is 1.90. The highest BCUT2D eigenvalue weighted by Crippen LogP contribution is 2.08. The molecule has 0 aliphatic carbocycles. The van der Waals surface area contributed by atoms with Crippen molar-refractivity contribution in [3.8, 4) is 5.75 Å². The molecule has 0 fully saturated rings. The zero-order valence-electron chi connectivity index (χ0n) is 6.92. The normalized spacial score (nSPS) is 9.75. The third-order valence-corrected chi connectivity index (χ3v) is 1.75. The Balaban J connectivity index is 2.16. The SMILES string of the molecule is ClCCCCOc1cc[c]cc1. The summed E-state index contributed by atoms with van der Waals surface area (Å²) in [5.74, 6) is 1.62. The molecular formula is C10H12ClO. The van der Waals surface area contributed by atoms with Gasteiger partial charge in [0, 0.05) is 5.88 Å². The van der Waals surface area contributed by atoms with Crippen molar-refractivity contribution in [1.29, 1.82) is 0 Å². The van der Waals surface area contributed by atoms with Gasteiger partial charge in [-0.15, -0.1) is 11.6 Å². The minimum absolute atomic E-state index is 0.714. The van der Waals surface area contributed by atoms with Crippen molar-refractivity contribution in [2.24, 2.45) is 0 Å². The minimum Gasteiger partial charge on any atom is -0.494 e. The fraction of sp³-hybridized carbons (Fsp3) is 0.400. The molecule has 1 radical (unpaired) electrons. The quantitative estimate of drug-likeness (QED) is 0.504. The van der Waals surface area contributed by atoms with Gasteiger partial charge < -0.3 is 4.74 Å². The molecule has 1 nitrogen and oxygen atoms in total. The van der Waals surface area contributed by atoms with E-state index in [0.29, 0.717) is 5.88 Å². The minimum atomic E-state index is 0.714. The van der Waals surface area contributed by atoms with Gasteiger partial charge in [-0.2, -0.15) is 0 Å². The summed E-state index contributed by atoms with van der Waals surface area (Å²) in [5, 5.41) is 0. The summed E-state index contributed by atoms with van der Waals surface area (Å²) in [5.41, 5.74) is 0. The van der Waals surface area contributed by atoms with E-state index in [-0.39, 0.29) is 0 Å². The van der Waals surface area contributed by atoms with Gasteiger partial charge in [-0.25, -0.2) is 0 Å². The molecule has 12 heavy (non-hydrogen) atoms. The van der Waals surface area contributed by atoms with E-state index in [9.17, 15) is 0 Å². The molecule has 0 amide bonds. The van der Waals surface area contributed by atoms with E-state index in [1.165, 1.54) is 0 Å². The predicted octanol–water partition coefficient (Wildman–Crippen LogP) is 2.88. The molecule has 0 saturated heterocycles. The second-order valence-corrected chi connectivity index (χ2v) is 2.86. The van der Waals surface area contributed by atoms with E-state index in [2.05, 4.69) is 6.07 Å². The second-order valence-electron chi connectivity index (χ2n) is 2.48. The van der Waals surface area contributed by atoms with Crippen LogP contribution in [0.3, 0.4) is 0 Å². The van der Waals surface area contributed by atoms with Gasteiger partial charge in [-0.3, -0.25) is 0 Å². The Hall–Kier alpha value is -0.690. The molecule has 0 spiro atoms. The third kappa shape index (κ3) is 3.63. The highest BCUT2D eigenvalue weighted by atomic mass is 35.5. The largest absolute Gasteiger partial charge is 0.494 e. The van der Waals surface area contributed by atoms with Gasteiger partial charge in [-0.1, -0.05) is 12.1 Å². The fourth-order valence-electron chi connectivity index (χ4n) is 0.854. The molecule has 65 valence electrons. The number of benzene rings is 1. The highest BCUT2D eigenvalue weighted by molar-refractivity contribution is 6.17. The van der Waals surface area contributed by atoms with Gasteiger partial charge in [0.05, 0.1) is 6.61 Å². The molecule has 0 aliphatic heterocycles. The van der Waals surface area contributed by atoms with E-state index in [1.807, 2.05) is 24.3 Å². The number of ether oxygens (including phenoxy) is 1. The zero-order chi connectivity index (χ0) is 8.65. The molecule has 0 N–H and O–H groups in total. The molecule has 0 unspecified atom stereocenters. The number of halogens is 1. The van der Waals surface area contributed by atoms with Crippen molar-refractivity contribution in [1.82, 2.24) is 0 Å². The summed E-state index contributed by atoms with van der Waals surface area (Å²) >= 11 is 5.52. The van der Waals surface area contributed by atoms with Crippen molar-refractivity contribution in [2.75, 3.05) is 12.5 Å². The maximum Gasteiger partial charge on any atom is 0.119 e. The van der Waals surface area contributed by atoms with Crippen LogP contribution in [0, 0.1) is 6.07 Å². The molecule has 1 aromatic carbocycles. The second kappa shape index (κ2) is 5.90. The van der Waals surface area contributed by atoms with E-state index >= 15 is 0 Å². The molecule has 0 aromatic heterocycles. The van der Waals surface area contributed by atoms with Gasteiger partial charge in [0.25, 0.3) is 0 Å². The molecule has 0 bridgehead atoms. The Labute approximate surface area is 78.3 Å². The number of hydrogen-bond donors (Lipinski definition) is 0. The summed E-state index contributed by atoms with van der Waals surface area (Å²) < 4.78 is 5.43. The first-order valence-corrected chi connectivity index (χ1v) is 4.62. The molecule has 0 heterocycles. The van der Waals surface area contributed by atoms with Gasteiger partial charge in [0.15, 0.2) is 0 Å². The van der Waals surface area contributed by atoms with Crippen LogP contribution in [0.1, 0.15) is 12.8 Å². The lowest BCUT2D eigenvalue weighted by Crippen LogP contribution is -1.96. The number of alkyl halides is 1. The third-order valence-electron chi connectivity index (χ3n) is 1.48. The molecule has 0 atom stereocenters. The van der Waals surface area contributed by atoms with Gasteiger partial charge in [-0.05, 0) is 31.0 Å². The summed E-state index contributed by atoms with van der Waals surface area (Å²) in [6.07, 6.45) is 2.03. The van der Waals surface area contributed by atoms with E-state index in [1.54, 1.807) is 0 Å². The van der Waals surface area contributed by atoms with Crippen LogP contribution in [0.25, 0.3) is 0 Å². The Bertz CT molecular complexity index is 198. The van der Waals surface area contributed by atoms with Crippen molar-refractivity contribution >= 4 is 11.6 Å². The lowest BCUT2D eigenvalue weighted by atomic mass is 10.3.